The van der Waals surface area contributed by atoms with Crippen molar-refractivity contribution in [1.29, 1.82) is 0 Å². The number of thiazole rings is 1. The summed E-state index contributed by atoms with van der Waals surface area (Å²) in [5.41, 5.74) is 2.14. The molecule has 0 aliphatic heterocycles. The Hall–Kier alpha value is -0.930. The zero-order chi connectivity index (χ0) is 13.1. The first-order valence-corrected chi connectivity index (χ1v) is 6.16. The molecule has 2 rings (SSSR count). The molecule has 0 atom stereocenters. The number of anilines is 2. The van der Waals surface area contributed by atoms with Gasteiger partial charge < -0.3 is 10.3 Å². The van der Waals surface area contributed by atoms with Crippen LogP contribution in [0, 0.1) is 5.82 Å². The van der Waals surface area contributed by atoms with E-state index in [9.17, 15) is 4.39 Å². The van der Waals surface area contributed by atoms with Gasteiger partial charge in [-0.3, -0.25) is 0 Å². The second kappa shape index (κ2) is 8.38. The van der Waals surface area contributed by atoms with E-state index < -0.39 is 5.82 Å². The van der Waals surface area contributed by atoms with Crippen LogP contribution in [-0.2, 0) is 6.54 Å². The number of halogens is 4. The van der Waals surface area contributed by atoms with Crippen molar-refractivity contribution in [3.05, 3.63) is 27.7 Å². The summed E-state index contributed by atoms with van der Waals surface area (Å²) in [6.45, 7) is 0.423. The summed E-state index contributed by atoms with van der Waals surface area (Å²) in [7, 11) is 1.68. The minimum absolute atomic E-state index is 0. The number of nitrogens with zero attached hydrogens (tertiary/aromatic N) is 4. The summed E-state index contributed by atoms with van der Waals surface area (Å²) >= 11 is 7.18. The van der Waals surface area contributed by atoms with Crippen molar-refractivity contribution < 1.29 is 4.39 Å². The van der Waals surface area contributed by atoms with E-state index in [4.69, 9.17) is 17.4 Å². The van der Waals surface area contributed by atoms with Gasteiger partial charge in [0.2, 0.25) is 11.1 Å². The standard InChI is InChI=1S/C9H10ClFN6S.2ClH/c1-17(4-5-13-2-3-18-5)8-6(11)7(16-12)14-9(10)15-8;;/h2-3H,4,12H2,1H3,(H,14,15,16);2*1H. The fourth-order valence-corrected chi connectivity index (χ4v) is 2.20. The molecule has 2 heterocycles. The predicted octanol–water partition coefficient (Wildman–Crippen LogP) is 2.49. The maximum atomic E-state index is 13.9. The number of hydrogen-bond acceptors (Lipinski definition) is 7. The SMILES string of the molecule is CN(Cc1nccs1)c1nc(Cl)nc(NN)c1F.Cl.Cl. The first kappa shape index (κ1) is 19.1. The van der Waals surface area contributed by atoms with E-state index in [1.165, 1.54) is 11.3 Å². The summed E-state index contributed by atoms with van der Waals surface area (Å²) < 4.78 is 13.9. The number of nitrogen functional groups attached to an aromatic ring is 1. The Bertz CT molecular complexity index is 541. The largest absolute Gasteiger partial charge is 0.350 e. The van der Waals surface area contributed by atoms with Crippen LogP contribution in [0.1, 0.15) is 5.01 Å². The van der Waals surface area contributed by atoms with Gasteiger partial charge >= 0.3 is 0 Å². The van der Waals surface area contributed by atoms with Crippen LogP contribution in [0.4, 0.5) is 16.0 Å². The van der Waals surface area contributed by atoms with Crippen molar-refractivity contribution >= 4 is 59.4 Å². The van der Waals surface area contributed by atoms with Crippen molar-refractivity contribution in [2.45, 2.75) is 6.54 Å². The lowest BCUT2D eigenvalue weighted by Crippen LogP contribution is -2.21. The Kier molecular flexibility index (Phi) is 7.99. The third kappa shape index (κ3) is 4.29. The van der Waals surface area contributed by atoms with Crippen molar-refractivity contribution in [3.63, 3.8) is 0 Å². The van der Waals surface area contributed by atoms with Crippen LogP contribution in [0.15, 0.2) is 11.6 Å². The lowest BCUT2D eigenvalue weighted by molar-refractivity contribution is 0.610. The molecule has 0 radical (unpaired) electrons. The molecule has 0 amide bonds. The zero-order valence-electron chi connectivity index (χ0n) is 10.2. The van der Waals surface area contributed by atoms with E-state index >= 15 is 0 Å². The predicted molar refractivity (Wildman–Crippen MR) is 83.5 cm³/mol. The van der Waals surface area contributed by atoms with E-state index in [2.05, 4.69) is 20.4 Å². The lowest BCUT2D eigenvalue weighted by atomic mass is 10.4. The lowest BCUT2D eigenvalue weighted by Gasteiger charge is -2.18. The number of nitrogens with two attached hydrogens (primary N) is 1. The molecule has 0 unspecified atom stereocenters. The Balaban J connectivity index is 0.00000180. The van der Waals surface area contributed by atoms with Gasteiger partial charge in [-0.05, 0) is 11.6 Å². The molecule has 0 aliphatic rings. The molecule has 0 aromatic carbocycles. The van der Waals surface area contributed by atoms with Gasteiger partial charge in [0, 0.05) is 18.6 Å². The average Bonchev–Trinajstić information content (AvgIpc) is 2.84. The maximum Gasteiger partial charge on any atom is 0.226 e. The summed E-state index contributed by atoms with van der Waals surface area (Å²) in [5, 5.41) is 2.61. The van der Waals surface area contributed by atoms with Gasteiger partial charge in [-0.2, -0.15) is 14.4 Å². The number of rotatable bonds is 4. The second-order valence-corrected chi connectivity index (χ2v) is 4.72. The first-order chi connectivity index (χ1) is 8.61. The minimum Gasteiger partial charge on any atom is -0.350 e. The van der Waals surface area contributed by atoms with Gasteiger partial charge in [-0.25, -0.2) is 10.8 Å². The molecule has 2 aromatic heterocycles. The van der Waals surface area contributed by atoms with Gasteiger partial charge in [0.25, 0.3) is 0 Å². The van der Waals surface area contributed by atoms with Crippen LogP contribution in [0.3, 0.4) is 0 Å². The molecule has 6 nitrogen and oxygen atoms in total. The molecule has 20 heavy (non-hydrogen) atoms. The fourth-order valence-electron chi connectivity index (χ4n) is 1.37. The van der Waals surface area contributed by atoms with Crippen molar-refractivity contribution in [2.75, 3.05) is 17.4 Å². The van der Waals surface area contributed by atoms with E-state index in [1.807, 2.05) is 5.38 Å². The number of hydrazine groups is 1. The Morgan fingerprint density at radius 3 is 2.70 bits per heavy atom. The summed E-state index contributed by atoms with van der Waals surface area (Å²) in [5.74, 6) is 4.43. The topological polar surface area (TPSA) is 80.0 Å². The molecule has 0 saturated heterocycles. The third-order valence-corrected chi connectivity index (χ3v) is 3.09. The van der Waals surface area contributed by atoms with Crippen molar-refractivity contribution in [2.24, 2.45) is 5.84 Å². The molecular weight excluding hydrogens is 350 g/mol. The molecule has 2 aromatic rings. The molecule has 112 valence electrons. The number of hydrogen-bond donors (Lipinski definition) is 2. The minimum atomic E-state index is -0.652. The van der Waals surface area contributed by atoms with E-state index in [0.717, 1.165) is 5.01 Å². The Labute approximate surface area is 136 Å². The highest BCUT2D eigenvalue weighted by atomic mass is 35.5. The fraction of sp³-hybridized carbons (Fsp3) is 0.222. The van der Waals surface area contributed by atoms with Gasteiger partial charge in [0.1, 0.15) is 5.01 Å². The highest BCUT2D eigenvalue weighted by molar-refractivity contribution is 7.09. The second-order valence-electron chi connectivity index (χ2n) is 3.41. The van der Waals surface area contributed by atoms with Gasteiger partial charge in [-0.15, -0.1) is 36.2 Å². The maximum absolute atomic E-state index is 13.9. The number of nitrogens with one attached hydrogen (secondary N) is 1. The molecule has 0 aliphatic carbocycles. The first-order valence-electron chi connectivity index (χ1n) is 4.91. The van der Waals surface area contributed by atoms with Crippen LogP contribution in [0.2, 0.25) is 5.28 Å². The number of aromatic nitrogens is 3. The van der Waals surface area contributed by atoms with Crippen LogP contribution in [0.5, 0.6) is 0 Å². The highest BCUT2D eigenvalue weighted by Crippen LogP contribution is 2.24. The van der Waals surface area contributed by atoms with E-state index in [-0.39, 0.29) is 41.7 Å². The molecule has 3 N–H and O–H groups in total. The molecule has 11 heteroatoms. The summed E-state index contributed by atoms with van der Waals surface area (Å²) in [6.07, 6.45) is 1.68. The van der Waals surface area contributed by atoms with E-state index in [0.29, 0.717) is 6.54 Å². The molecule has 0 saturated carbocycles. The summed E-state index contributed by atoms with van der Waals surface area (Å²) in [4.78, 5) is 13.2. The third-order valence-electron chi connectivity index (χ3n) is 2.16. The highest BCUT2D eigenvalue weighted by Gasteiger charge is 2.17. The molecule has 0 spiro atoms. The quantitative estimate of drug-likeness (QED) is 0.495. The molecule has 0 bridgehead atoms. The van der Waals surface area contributed by atoms with Gasteiger partial charge in [-0.1, -0.05) is 0 Å². The normalized spacial score (nSPS) is 9.40. The smallest absolute Gasteiger partial charge is 0.226 e. The molecular formula is C9H12Cl3FN6S. The average molecular weight is 362 g/mol. The Morgan fingerprint density at radius 2 is 2.15 bits per heavy atom. The molecule has 0 fully saturated rings. The van der Waals surface area contributed by atoms with Crippen LogP contribution in [-0.4, -0.2) is 22.0 Å². The zero-order valence-corrected chi connectivity index (χ0v) is 13.4. The van der Waals surface area contributed by atoms with Gasteiger partial charge in [0.05, 0.1) is 6.54 Å². The summed E-state index contributed by atoms with van der Waals surface area (Å²) in [6, 6.07) is 0. The van der Waals surface area contributed by atoms with Crippen molar-refractivity contribution in [3.8, 4) is 0 Å². The van der Waals surface area contributed by atoms with Crippen LogP contribution in [0.25, 0.3) is 0 Å². The monoisotopic (exact) mass is 360 g/mol. The van der Waals surface area contributed by atoms with Crippen LogP contribution >= 0.6 is 47.8 Å². The van der Waals surface area contributed by atoms with Crippen LogP contribution < -0.4 is 16.2 Å². The van der Waals surface area contributed by atoms with Crippen molar-refractivity contribution in [1.82, 2.24) is 15.0 Å². The Morgan fingerprint density at radius 1 is 1.45 bits per heavy atom. The van der Waals surface area contributed by atoms with E-state index in [1.54, 1.807) is 18.1 Å². The van der Waals surface area contributed by atoms with Gasteiger partial charge in [0.15, 0.2) is 11.6 Å².